The van der Waals surface area contributed by atoms with Gasteiger partial charge in [0.25, 0.3) is 5.69 Å². The molecule has 6 nitrogen and oxygen atoms in total. The van der Waals surface area contributed by atoms with Gasteiger partial charge in [0.1, 0.15) is 11.9 Å². The highest BCUT2D eigenvalue weighted by Gasteiger charge is 2.61. The molecule has 4 aliphatic rings. The van der Waals surface area contributed by atoms with E-state index in [-0.39, 0.29) is 27.5 Å². The van der Waals surface area contributed by atoms with Crippen molar-refractivity contribution in [3.8, 4) is 5.75 Å². The minimum atomic E-state index is -0.370. The van der Waals surface area contributed by atoms with Gasteiger partial charge in [0.15, 0.2) is 0 Å². The molecule has 1 aromatic carbocycles. The van der Waals surface area contributed by atoms with Crippen molar-refractivity contribution in [1.82, 2.24) is 4.90 Å². The van der Waals surface area contributed by atoms with Crippen LogP contribution in [0.1, 0.15) is 65.2 Å². The Kier molecular flexibility index (Phi) is 4.83. The molecule has 0 radical (unpaired) electrons. The molecule has 5 rings (SSSR count). The summed E-state index contributed by atoms with van der Waals surface area (Å²) in [7, 11) is 2.02. The van der Waals surface area contributed by atoms with Crippen molar-refractivity contribution >= 4 is 11.6 Å². The second-order valence-corrected chi connectivity index (χ2v) is 11.0. The average molecular weight is 427 g/mol. The molecule has 4 fully saturated rings. The lowest BCUT2D eigenvalue weighted by Crippen LogP contribution is -2.61. The summed E-state index contributed by atoms with van der Waals surface area (Å²) >= 11 is 0. The third-order valence-electron chi connectivity index (χ3n) is 9.80. The highest BCUT2D eigenvalue weighted by atomic mass is 16.6. The predicted octanol–water partition coefficient (Wildman–Crippen LogP) is 5.21. The summed E-state index contributed by atoms with van der Waals surface area (Å²) in [4.78, 5) is 25.0. The van der Waals surface area contributed by atoms with Crippen LogP contribution in [0.15, 0.2) is 24.3 Å². The molecule has 1 saturated heterocycles. The van der Waals surface area contributed by atoms with E-state index in [0.29, 0.717) is 36.1 Å². The maximum absolute atomic E-state index is 12.3. The SMILES string of the molecule is CN1C(=O)CC[C@@]2(C)C1CC[C@@H]1[C@H]2CC[C@]2(C)C(Oc3ccc([N+](=O)[O-])cc3)CC[C@@H]12. The highest BCUT2D eigenvalue weighted by molar-refractivity contribution is 5.77. The van der Waals surface area contributed by atoms with Crippen molar-refractivity contribution in [1.29, 1.82) is 0 Å². The topological polar surface area (TPSA) is 72.7 Å². The van der Waals surface area contributed by atoms with Crippen molar-refractivity contribution in [2.75, 3.05) is 7.05 Å². The summed E-state index contributed by atoms with van der Waals surface area (Å²) < 4.78 is 6.45. The molecule has 1 amide bonds. The second-order valence-electron chi connectivity index (χ2n) is 11.0. The fraction of sp³-hybridized carbons (Fsp3) is 0.720. The molecule has 0 bridgehead atoms. The molecule has 168 valence electrons. The number of hydrogen-bond acceptors (Lipinski definition) is 4. The van der Waals surface area contributed by atoms with Gasteiger partial charge in [-0.1, -0.05) is 13.8 Å². The van der Waals surface area contributed by atoms with E-state index in [1.807, 2.05) is 7.05 Å². The lowest BCUT2D eigenvalue weighted by Gasteiger charge is -2.61. The van der Waals surface area contributed by atoms with Crippen molar-refractivity contribution < 1.29 is 14.5 Å². The summed E-state index contributed by atoms with van der Waals surface area (Å²) in [6.45, 7) is 4.88. The minimum Gasteiger partial charge on any atom is -0.490 e. The Morgan fingerprint density at radius 3 is 2.42 bits per heavy atom. The number of fused-ring (bicyclic) bond motifs is 5. The van der Waals surface area contributed by atoms with Gasteiger partial charge in [-0.3, -0.25) is 14.9 Å². The summed E-state index contributed by atoms with van der Waals surface area (Å²) in [5, 5.41) is 10.9. The number of rotatable bonds is 3. The number of amides is 1. The fourth-order valence-electron chi connectivity index (χ4n) is 8.11. The molecule has 1 heterocycles. The molecule has 1 aromatic rings. The van der Waals surface area contributed by atoms with E-state index in [4.69, 9.17) is 4.74 Å². The van der Waals surface area contributed by atoms with Gasteiger partial charge in [0, 0.05) is 37.1 Å². The van der Waals surface area contributed by atoms with Gasteiger partial charge in [-0.2, -0.15) is 0 Å². The number of piperidine rings is 1. The smallest absolute Gasteiger partial charge is 0.269 e. The van der Waals surface area contributed by atoms with Gasteiger partial charge >= 0.3 is 0 Å². The molecule has 3 saturated carbocycles. The van der Waals surface area contributed by atoms with Crippen LogP contribution in [0.25, 0.3) is 0 Å². The van der Waals surface area contributed by atoms with Gasteiger partial charge in [-0.05, 0) is 80.2 Å². The number of nitro benzene ring substituents is 1. The molecular weight excluding hydrogens is 392 g/mol. The van der Waals surface area contributed by atoms with Gasteiger partial charge in [0.2, 0.25) is 5.91 Å². The molecule has 3 aliphatic carbocycles. The summed E-state index contributed by atoms with van der Waals surface area (Å²) in [5.41, 5.74) is 0.497. The third-order valence-corrected chi connectivity index (χ3v) is 9.80. The maximum atomic E-state index is 12.3. The Balaban J connectivity index is 1.35. The average Bonchev–Trinajstić information content (AvgIpc) is 3.08. The first kappa shape index (κ1) is 20.8. The number of carbonyl (C=O) groups is 1. The molecule has 1 aliphatic heterocycles. The minimum absolute atomic E-state index is 0.101. The van der Waals surface area contributed by atoms with Crippen molar-refractivity contribution in [2.24, 2.45) is 28.6 Å². The molecule has 0 aromatic heterocycles. The lowest BCUT2D eigenvalue weighted by atomic mass is 9.47. The molecule has 0 spiro atoms. The monoisotopic (exact) mass is 426 g/mol. The van der Waals surface area contributed by atoms with Crippen LogP contribution in [0.5, 0.6) is 5.75 Å². The number of nitro groups is 1. The van der Waals surface area contributed by atoms with Crippen LogP contribution in [0.4, 0.5) is 5.69 Å². The van der Waals surface area contributed by atoms with Crippen molar-refractivity contribution in [3.05, 3.63) is 34.4 Å². The van der Waals surface area contributed by atoms with E-state index in [9.17, 15) is 14.9 Å². The Bertz CT molecular complexity index is 886. The zero-order valence-corrected chi connectivity index (χ0v) is 18.9. The van der Waals surface area contributed by atoms with Crippen LogP contribution in [0.3, 0.4) is 0 Å². The van der Waals surface area contributed by atoms with Gasteiger partial charge in [-0.25, -0.2) is 0 Å². The van der Waals surface area contributed by atoms with Crippen molar-refractivity contribution in [3.63, 3.8) is 0 Å². The van der Waals surface area contributed by atoms with E-state index in [1.54, 1.807) is 12.1 Å². The van der Waals surface area contributed by atoms with E-state index >= 15 is 0 Å². The number of non-ortho nitro benzene ring substituents is 1. The zero-order chi connectivity index (χ0) is 22.0. The molecule has 7 atom stereocenters. The summed E-state index contributed by atoms with van der Waals surface area (Å²) in [6.07, 6.45) is 8.87. The number of hydrogen-bond donors (Lipinski definition) is 0. The Morgan fingerprint density at radius 2 is 1.71 bits per heavy atom. The Hall–Kier alpha value is -2.11. The zero-order valence-electron chi connectivity index (χ0n) is 18.9. The molecule has 31 heavy (non-hydrogen) atoms. The van der Waals surface area contributed by atoms with Crippen LogP contribution < -0.4 is 4.74 Å². The van der Waals surface area contributed by atoms with Crippen LogP contribution in [-0.2, 0) is 4.79 Å². The number of benzene rings is 1. The third kappa shape index (κ3) is 3.08. The number of carbonyl (C=O) groups excluding carboxylic acids is 1. The number of likely N-dealkylation sites (tertiary alicyclic amines) is 1. The van der Waals surface area contributed by atoms with Crippen LogP contribution in [0, 0.1) is 38.7 Å². The number of ether oxygens (including phenoxy) is 1. The quantitative estimate of drug-likeness (QED) is 0.491. The van der Waals surface area contributed by atoms with Crippen LogP contribution >= 0.6 is 0 Å². The van der Waals surface area contributed by atoms with Crippen molar-refractivity contribution in [2.45, 2.75) is 77.4 Å². The Labute approximate surface area is 184 Å². The van der Waals surface area contributed by atoms with E-state index in [2.05, 4.69) is 18.7 Å². The molecule has 0 N–H and O–H groups in total. The molecule has 2 unspecified atom stereocenters. The highest BCUT2D eigenvalue weighted by Crippen LogP contribution is 2.65. The van der Waals surface area contributed by atoms with Crippen LogP contribution in [0.2, 0.25) is 0 Å². The van der Waals surface area contributed by atoms with E-state index in [1.165, 1.54) is 31.4 Å². The van der Waals surface area contributed by atoms with E-state index < -0.39 is 0 Å². The van der Waals surface area contributed by atoms with Gasteiger partial charge in [0.05, 0.1) is 4.92 Å². The first-order valence-corrected chi connectivity index (χ1v) is 11.9. The lowest BCUT2D eigenvalue weighted by molar-refractivity contribution is -0.384. The normalized spacial score (nSPS) is 41.8. The standard InChI is InChI=1S/C25H34N2O4/c1-24-15-13-23(28)26(3)21(24)10-8-18-19-9-11-22(25(19,2)14-12-20(18)24)31-17-6-4-16(5-7-17)27(29)30/h4-7,18-22H,8-15H2,1-3H3/t18-,19-,20+,21?,22?,24+,25-/m0/s1. The summed E-state index contributed by atoms with van der Waals surface area (Å²) in [5.74, 6) is 3.13. The fourth-order valence-corrected chi connectivity index (χ4v) is 8.11. The first-order valence-electron chi connectivity index (χ1n) is 11.9. The second kappa shape index (κ2) is 7.21. The molecular formula is C25H34N2O4. The van der Waals surface area contributed by atoms with E-state index in [0.717, 1.165) is 31.4 Å². The maximum Gasteiger partial charge on any atom is 0.269 e. The number of nitrogens with zero attached hydrogens (tertiary/aromatic N) is 2. The largest absolute Gasteiger partial charge is 0.490 e. The Morgan fingerprint density at radius 1 is 1.00 bits per heavy atom. The van der Waals surface area contributed by atoms with Crippen LogP contribution in [-0.4, -0.2) is 34.9 Å². The first-order chi connectivity index (χ1) is 14.7. The predicted molar refractivity (Wildman–Crippen MR) is 118 cm³/mol. The van der Waals surface area contributed by atoms with Gasteiger partial charge < -0.3 is 9.64 Å². The summed E-state index contributed by atoms with van der Waals surface area (Å²) in [6, 6.07) is 6.94. The molecule has 6 heteroatoms. The van der Waals surface area contributed by atoms with Gasteiger partial charge in [-0.15, -0.1) is 0 Å².